The zero-order valence-electron chi connectivity index (χ0n) is 21.1. The third-order valence-electron chi connectivity index (χ3n) is 6.81. The highest BCUT2D eigenvalue weighted by atomic mass is 32.2. The number of aryl methyl sites for hydroxylation is 1. The molecule has 0 unspecified atom stereocenters. The molecule has 3 heterocycles. The molecule has 0 radical (unpaired) electrons. The van der Waals surface area contributed by atoms with Gasteiger partial charge < -0.3 is 24.9 Å². The molecule has 1 saturated carbocycles. The number of anilines is 1. The highest BCUT2D eigenvalue weighted by Gasteiger charge is 2.66. The number of nitrogens with zero attached hydrogens (tertiary/aromatic N) is 4. The van der Waals surface area contributed by atoms with E-state index in [-0.39, 0.29) is 44.4 Å². The molecular formula is C25H26F2N6O4S. The molecule has 4 atom stereocenters. The van der Waals surface area contributed by atoms with Crippen molar-refractivity contribution < 1.29 is 27.5 Å². The van der Waals surface area contributed by atoms with Crippen molar-refractivity contribution >= 4 is 28.5 Å². The number of amidine groups is 1. The van der Waals surface area contributed by atoms with Crippen molar-refractivity contribution in [1.82, 2.24) is 15.0 Å². The smallest absolute Gasteiger partial charge is 0.276 e. The Hall–Kier alpha value is -3.58. The van der Waals surface area contributed by atoms with Crippen LogP contribution in [0, 0.1) is 24.5 Å². The van der Waals surface area contributed by atoms with Crippen LogP contribution in [0.3, 0.4) is 0 Å². The predicted octanol–water partition coefficient (Wildman–Crippen LogP) is 4.13. The first kappa shape index (κ1) is 26.0. The van der Waals surface area contributed by atoms with E-state index in [2.05, 4.69) is 25.3 Å². The Morgan fingerprint density at radius 1 is 1.37 bits per heavy atom. The van der Waals surface area contributed by atoms with Crippen LogP contribution in [-0.4, -0.2) is 44.5 Å². The van der Waals surface area contributed by atoms with E-state index < -0.39 is 29.2 Å². The maximum absolute atomic E-state index is 15.1. The van der Waals surface area contributed by atoms with Gasteiger partial charge in [0.1, 0.15) is 12.0 Å². The Balaban J connectivity index is 1.38. The molecule has 5 rings (SSSR count). The average molecular weight is 545 g/mol. The fraction of sp³-hybridized carbons (Fsp3) is 0.400. The van der Waals surface area contributed by atoms with Gasteiger partial charge in [-0.2, -0.15) is 0 Å². The molecule has 10 nitrogen and oxygen atoms in total. The Morgan fingerprint density at radius 2 is 2.16 bits per heavy atom. The molecule has 1 amide bonds. The molecule has 13 heteroatoms. The summed E-state index contributed by atoms with van der Waals surface area (Å²) >= 11 is 1.39. The summed E-state index contributed by atoms with van der Waals surface area (Å²) in [7, 11) is 1.58. The number of hydrogen-bond donors (Lipinski definition) is 2. The zero-order chi connectivity index (χ0) is 27.2. The molecule has 1 aromatic carbocycles. The van der Waals surface area contributed by atoms with Crippen molar-refractivity contribution in [3.63, 3.8) is 0 Å². The predicted molar refractivity (Wildman–Crippen MR) is 136 cm³/mol. The molecule has 2 aliphatic rings. The number of ether oxygens (including phenoxy) is 2. The molecule has 3 N–H and O–H groups in total. The van der Waals surface area contributed by atoms with Gasteiger partial charge in [-0.15, -0.1) is 0 Å². The lowest BCUT2D eigenvalue weighted by Gasteiger charge is -2.34. The molecule has 0 bridgehead atoms. The van der Waals surface area contributed by atoms with E-state index in [1.165, 1.54) is 36.5 Å². The number of fused-ring (bicyclic) bond motifs is 1. The molecule has 38 heavy (non-hydrogen) atoms. The summed E-state index contributed by atoms with van der Waals surface area (Å²) in [5, 5.41) is 2.87. The van der Waals surface area contributed by atoms with Crippen molar-refractivity contribution in [1.29, 1.82) is 0 Å². The van der Waals surface area contributed by atoms with E-state index in [0.717, 1.165) is 6.07 Å². The molecule has 200 valence electrons. The third kappa shape index (κ3) is 4.60. The summed E-state index contributed by atoms with van der Waals surface area (Å²) in [6.45, 7) is 5.44. The van der Waals surface area contributed by atoms with E-state index in [4.69, 9.17) is 19.6 Å². The van der Waals surface area contributed by atoms with E-state index in [1.54, 1.807) is 27.9 Å². The Bertz CT molecular complexity index is 1420. The highest BCUT2D eigenvalue weighted by Crippen LogP contribution is 2.66. The summed E-state index contributed by atoms with van der Waals surface area (Å²) in [4.78, 5) is 30.0. The van der Waals surface area contributed by atoms with E-state index in [9.17, 15) is 9.18 Å². The number of carbonyl (C=O) groups is 1. The Kier molecular flexibility index (Phi) is 6.59. The van der Waals surface area contributed by atoms with Crippen LogP contribution in [0.2, 0.25) is 0 Å². The molecule has 0 saturated heterocycles. The van der Waals surface area contributed by atoms with Gasteiger partial charge in [0.15, 0.2) is 22.9 Å². The van der Waals surface area contributed by atoms with Crippen molar-refractivity contribution in [3.05, 3.63) is 65.3 Å². The molecule has 0 spiro atoms. The van der Waals surface area contributed by atoms with Gasteiger partial charge in [-0.3, -0.25) is 9.79 Å². The minimum atomic E-state index is -1.13. The first-order valence-corrected chi connectivity index (χ1v) is 12.6. The van der Waals surface area contributed by atoms with Crippen molar-refractivity contribution in [3.8, 4) is 5.88 Å². The maximum atomic E-state index is 15.1. The summed E-state index contributed by atoms with van der Waals surface area (Å²) in [6, 6.07) is 2.30. The lowest BCUT2D eigenvalue weighted by Crippen LogP contribution is -2.38. The van der Waals surface area contributed by atoms with Crippen LogP contribution in [0.4, 0.5) is 14.5 Å². The second-order valence-corrected chi connectivity index (χ2v) is 10.9. The third-order valence-corrected chi connectivity index (χ3v) is 8.09. The molecular weight excluding hydrogens is 518 g/mol. The number of amides is 1. The number of benzene rings is 1. The SMILES string of the molecule is COC[C@]12C[C@H]1[C@@](C)(c1cc(NC(=O)c3ncc(O[C@@H](C)c4ncco4)nc3C)cc(F)c1F)N=C(N)S2. The number of aromatic nitrogens is 3. The van der Waals surface area contributed by atoms with Crippen LogP contribution in [0.5, 0.6) is 5.88 Å². The lowest BCUT2D eigenvalue weighted by atomic mass is 9.85. The standard InChI is InChI=1S/C25H26F2N6O4S/c1-12-20(30-10-18(31-12)37-13(2)22-29-5-6-36-22)21(34)32-14-7-15(19(27)16(26)8-14)24(3)17-9-25(17,11-35-4)38-23(28)33-24/h5-8,10,13,17H,9,11H2,1-4H3,(H2,28,33)(H,32,34)/t13-,17-,24+,25+/m0/s1. The zero-order valence-corrected chi connectivity index (χ0v) is 21.9. The lowest BCUT2D eigenvalue weighted by molar-refractivity contribution is 0.102. The van der Waals surface area contributed by atoms with E-state index >= 15 is 4.39 Å². The number of methoxy groups -OCH3 is 1. The second kappa shape index (κ2) is 9.62. The fourth-order valence-electron chi connectivity index (χ4n) is 4.96. The number of halogens is 2. The number of oxazole rings is 1. The fourth-order valence-corrected chi connectivity index (χ4v) is 6.41. The Labute approximate surface area is 221 Å². The van der Waals surface area contributed by atoms with Crippen molar-refractivity contribution in [2.75, 3.05) is 19.0 Å². The molecule has 1 fully saturated rings. The van der Waals surface area contributed by atoms with Gasteiger partial charge >= 0.3 is 0 Å². The largest absolute Gasteiger partial charge is 0.464 e. The van der Waals surface area contributed by atoms with Gasteiger partial charge in [0.2, 0.25) is 11.8 Å². The van der Waals surface area contributed by atoms with Gasteiger partial charge in [-0.1, -0.05) is 11.8 Å². The summed E-state index contributed by atoms with van der Waals surface area (Å²) in [5.74, 6) is -2.39. The maximum Gasteiger partial charge on any atom is 0.276 e. The van der Waals surface area contributed by atoms with Gasteiger partial charge in [0, 0.05) is 30.3 Å². The van der Waals surface area contributed by atoms with Crippen LogP contribution < -0.4 is 15.8 Å². The van der Waals surface area contributed by atoms with Crippen molar-refractivity contribution in [2.24, 2.45) is 16.6 Å². The number of carbonyl (C=O) groups excluding carboxylic acids is 1. The quantitative estimate of drug-likeness (QED) is 0.429. The van der Waals surface area contributed by atoms with E-state index in [1.807, 2.05) is 0 Å². The normalized spacial score (nSPS) is 24.8. The van der Waals surface area contributed by atoms with Crippen LogP contribution in [0.15, 0.2) is 40.2 Å². The second-order valence-electron chi connectivity index (χ2n) is 9.50. The minimum absolute atomic E-state index is 0.00347. The Morgan fingerprint density at radius 3 is 2.84 bits per heavy atom. The van der Waals surface area contributed by atoms with Crippen LogP contribution >= 0.6 is 11.8 Å². The highest BCUT2D eigenvalue weighted by molar-refractivity contribution is 8.15. The number of aliphatic imine (C=N–C) groups is 1. The van der Waals surface area contributed by atoms with Gasteiger partial charge in [0.25, 0.3) is 5.91 Å². The number of rotatable bonds is 8. The van der Waals surface area contributed by atoms with E-state index in [0.29, 0.717) is 18.9 Å². The molecule has 3 aromatic rings. The van der Waals surface area contributed by atoms with Crippen molar-refractivity contribution in [2.45, 2.75) is 43.6 Å². The first-order valence-electron chi connectivity index (χ1n) is 11.8. The number of hydrogen-bond acceptors (Lipinski definition) is 10. The number of nitrogens with one attached hydrogen (secondary N) is 1. The molecule has 1 aliphatic heterocycles. The minimum Gasteiger partial charge on any atom is -0.464 e. The van der Waals surface area contributed by atoms with Crippen LogP contribution in [-0.2, 0) is 10.3 Å². The van der Waals surface area contributed by atoms with Gasteiger partial charge in [-0.25, -0.2) is 23.7 Å². The van der Waals surface area contributed by atoms with Crippen LogP contribution in [0.1, 0.15) is 54.0 Å². The summed E-state index contributed by atoms with van der Waals surface area (Å²) in [6.07, 6.45) is 4.38. The summed E-state index contributed by atoms with van der Waals surface area (Å²) in [5.41, 5.74) is 5.28. The van der Waals surface area contributed by atoms with Crippen LogP contribution in [0.25, 0.3) is 0 Å². The topological polar surface area (TPSA) is 138 Å². The summed E-state index contributed by atoms with van der Waals surface area (Å²) < 4.78 is 45.8. The first-order chi connectivity index (χ1) is 18.1. The van der Waals surface area contributed by atoms with Gasteiger partial charge in [0.05, 0.1) is 35.0 Å². The average Bonchev–Trinajstić information content (AvgIpc) is 3.31. The molecule has 2 aromatic heterocycles. The number of nitrogens with two attached hydrogens (primary N) is 1. The number of thioether (sulfide) groups is 1. The molecule has 1 aliphatic carbocycles. The van der Waals surface area contributed by atoms with Gasteiger partial charge in [-0.05, 0) is 33.3 Å². The monoisotopic (exact) mass is 544 g/mol.